The molecule has 1 atom stereocenters. The molecule has 2 rings (SSSR count). The van der Waals surface area contributed by atoms with Crippen molar-refractivity contribution in [2.24, 2.45) is 0 Å². The summed E-state index contributed by atoms with van der Waals surface area (Å²) < 4.78 is 6.10. The highest BCUT2D eigenvalue weighted by atomic mass is 32.2. The van der Waals surface area contributed by atoms with Gasteiger partial charge in [0.05, 0.1) is 30.2 Å². The van der Waals surface area contributed by atoms with Crippen molar-refractivity contribution in [1.29, 1.82) is 0 Å². The minimum absolute atomic E-state index is 0.0592. The highest BCUT2D eigenvalue weighted by molar-refractivity contribution is 7.99. The first-order valence-electron chi connectivity index (χ1n) is 8.94. The first-order chi connectivity index (χ1) is 13.0. The van der Waals surface area contributed by atoms with Crippen molar-refractivity contribution in [3.63, 3.8) is 0 Å². The Balaban J connectivity index is 2.23. The molecule has 1 amide bonds. The van der Waals surface area contributed by atoms with Crippen LogP contribution in [0.3, 0.4) is 0 Å². The Hall–Kier alpha value is -2.35. The average molecular weight is 391 g/mol. The van der Waals surface area contributed by atoms with Crippen LogP contribution < -0.4 is 10.9 Å². The number of nitrogens with one attached hydrogen (secondary N) is 1. The number of nitrogens with zero attached hydrogens (tertiary/aromatic N) is 2. The van der Waals surface area contributed by atoms with Gasteiger partial charge < -0.3 is 10.1 Å². The van der Waals surface area contributed by atoms with Crippen LogP contribution in [0.4, 0.5) is 0 Å². The standard InChI is InChI=1S/C19H25N3O4S/c1-4-7-13(2)20-16(23)12-27-19-21-15-9-6-5-8-14(15)18(25)22(19)11-10-17(24)26-3/h5-6,8-9,13H,4,7,10-12H2,1-3H3,(H,20,23)/t13-/m0/s1. The Morgan fingerprint density at radius 3 is 2.78 bits per heavy atom. The van der Waals surface area contributed by atoms with Gasteiger partial charge in [-0.15, -0.1) is 0 Å². The van der Waals surface area contributed by atoms with E-state index in [2.05, 4.69) is 22.0 Å². The van der Waals surface area contributed by atoms with Crippen LogP contribution in [0.25, 0.3) is 10.9 Å². The van der Waals surface area contributed by atoms with Gasteiger partial charge in [-0.3, -0.25) is 19.0 Å². The number of carbonyl (C=O) groups is 2. The zero-order valence-electron chi connectivity index (χ0n) is 15.9. The molecule has 0 aliphatic heterocycles. The van der Waals surface area contributed by atoms with E-state index in [1.165, 1.54) is 23.4 Å². The van der Waals surface area contributed by atoms with Gasteiger partial charge in [0.15, 0.2) is 5.16 Å². The lowest BCUT2D eigenvalue weighted by atomic mass is 10.2. The fourth-order valence-electron chi connectivity index (χ4n) is 2.71. The number of methoxy groups -OCH3 is 1. The minimum atomic E-state index is -0.405. The number of aromatic nitrogens is 2. The molecule has 0 aliphatic rings. The number of esters is 1. The summed E-state index contributed by atoms with van der Waals surface area (Å²) in [6, 6.07) is 7.14. The molecule has 146 valence electrons. The SMILES string of the molecule is CCC[C@H](C)NC(=O)CSc1nc2ccccc2c(=O)n1CCC(=O)OC. The monoisotopic (exact) mass is 391 g/mol. The van der Waals surface area contributed by atoms with Gasteiger partial charge in [-0.2, -0.15) is 0 Å². The van der Waals surface area contributed by atoms with Gasteiger partial charge in [-0.25, -0.2) is 4.98 Å². The van der Waals surface area contributed by atoms with Gasteiger partial charge >= 0.3 is 5.97 Å². The van der Waals surface area contributed by atoms with Crippen LogP contribution in [0.5, 0.6) is 0 Å². The number of carbonyl (C=O) groups excluding carboxylic acids is 2. The first-order valence-corrected chi connectivity index (χ1v) is 9.93. The van der Waals surface area contributed by atoms with E-state index in [1.54, 1.807) is 24.3 Å². The van der Waals surface area contributed by atoms with Gasteiger partial charge in [-0.05, 0) is 25.5 Å². The molecule has 27 heavy (non-hydrogen) atoms. The van der Waals surface area contributed by atoms with Gasteiger partial charge in [0.25, 0.3) is 5.56 Å². The van der Waals surface area contributed by atoms with Crippen LogP contribution in [0.1, 0.15) is 33.1 Å². The summed E-state index contributed by atoms with van der Waals surface area (Å²) in [5.74, 6) is -0.364. The maximum atomic E-state index is 12.8. The first kappa shape index (κ1) is 21.0. The largest absolute Gasteiger partial charge is 0.469 e. The predicted octanol–water partition coefficient (Wildman–Crippen LogP) is 2.36. The van der Waals surface area contributed by atoms with Crippen LogP contribution in [0.2, 0.25) is 0 Å². The maximum absolute atomic E-state index is 12.8. The Bertz CT molecular complexity index is 866. The summed E-state index contributed by atoms with van der Waals surface area (Å²) in [6.07, 6.45) is 1.96. The van der Waals surface area contributed by atoms with E-state index in [-0.39, 0.29) is 36.2 Å². The molecule has 0 saturated heterocycles. The number of fused-ring (bicyclic) bond motifs is 1. The normalized spacial score (nSPS) is 12.0. The van der Waals surface area contributed by atoms with E-state index in [0.717, 1.165) is 12.8 Å². The number of thioether (sulfide) groups is 1. The molecular formula is C19H25N3O4S. The lowest BCUT2D eigenvalue weighted by Gasteiger charge is -2.14. The summed E-state index contributed by atoms with van der Waals surface area (Å²) in [7, 11) is 1.31. The minimum Gasteiger partial charge on any atom is -0.469 e. The van der Waals surface area contributed by atoms with Crippen LogP contribution in [-0.2, 0) is 20.9 Å². The van der Waals surface area contributed by atoms with E-state index in [0.29, 0.717) is 16.1 Å². The van der Waals surface area contributed by atoms with Crippen molar-refractivity contribution >= 4 is 34.5 Å². The summed E-state index contributed by atoms with van der Waals surface area (Å²) in [5, 5.41) is 3.83. The zero-order valence-corrected chi connectivity index (χ0v) is 16.7. The fraction of sp³-hybridized carbons (Fsp3) is 0.474. The van der Waals surface area contributed by atoms with Gasteiger partial charge in [0.2, 0.25) is 5.91 Å². The Morgan fingerprint density at radius 2 is 2.07 bits per heavy atom. The van der Waals surface area contributed by atoms with Crippen molar-refractivity contribution in [1.82, 2.24) is 14.9 Å². The lowest BCUT2D eigenvalue weighted by Crippen LogP contribution is -2.34. The molecular weight excluding hydrogens is 366 g/mol. The summed E-state index contributed by atoms with van der Waals surface area (Å²) in [6.45, 7) is 4.18. The third-order valence-electron chi connectivity index (χ3n) is 4.06. The fourth-order valence-corrected chi connectivity index (χ4v) is 3.55. The van der Waals surface area contributed by atoms with E-state index >= 15 is 0 Å². The van der Waals surface area contributed by atoms with Crippen molar-refractivity contribution in [3.8, 4) is 0 Å². The van der Waals surface area contributed by atoms with E-state index in [4.69, 9.17) is 0 Å². The Kier molecular flexibility index (Phi) is 7.84. The summed E-state index contributed by atoms with van der Waals surface area (Å²) in [4.78, 5) is 41.0. The molecule has 0 bridgehead atoms. The molecule has 2 aromatic rings. The highest BCUT2D eigenvalue weighted by Crippen LogP contribution is 2.18. The van der Waals surface area contributed by atoms with Crippen LogP contribution in [0.15, 0.2) is 34.2 Å². The number of ether oxygens (including phenoxy) is 1. The van der Waals surface area contributed by atoms with Crippen LogP contribution in [0, 0.1) is 0 Å². The van der Waals surface area contributed by atoms with Crippen LogP contribution >= 0.6 is 11.8 Å². The summed E-state index contributed by atoms with van der Waals surface area (Å²) >= 11 is 1.19. The number of amides is 1. The number of hydrogen-bond donors (Lipinski definition) is 1. The van der Waals surface area contributed by atoms with E-state index < -0.39 is 5.97 Å². The molecule has 1 aromatic carbocycles. The van der Waals surface area contributed by atoms with Crippen LogP contribution in [-0.4, -0.2) is 40.3 Å². The topological polar surface area (TPSA) is 90.3 Å². The van der Waals surface area contributed by atoms with Crippen molar-refractivity contribution in [2.75, 3.05) is 12.9 Å². The van der Waals surface area contributed by atoms with Gasteiger partial charge in [0.1, 0.15) is 0 Å². The number of benzene rings is 1. The van der Waals surface area contributed by atoms with E-state index in [1.807, 2.05) is 6.92 Å². The molecule has 0 unspecified atom stereocenters. The zero-order chi connectivity index (χ0) is 19.8. The molecule has 1 aromatic heterocycles. The lowest BCUT2D eigenvalue weighted by molar-refractivity contribution is -0.140. The summed E-state index contributed by atoms with van der Waals surface area (Å²) in [5.41, 5.74) is 0.339. The number of rotatable bonds is 9. The molecule has 7 nitrogen and oxygen atoms in total. The Labute approximate surface area is 162 Å². The van der Waals surface area contributed by atoms with Crippen molar-refractivity contribution < 1.29 is 14.3 Å². The van der Waals surface area contributed by atoms with Gasteiger partial charge in [0, 0.05) is 12.6 Å². The Morgan fingerprint density at radius 1 is 1.33 bits per heavy atom. The molecule has 0 aliphatic carbocycles. The average Bonchev–Trinajstić information content (AvgIpc) is 2.65. The molecule has 8 heteroatoms. The quantitative estimate of drug-likeness (QED) is 0.401. The second kappa shape index (κ2) is 10.1. The molecule has 0 spiro atoms. The molecule has 1 N–H and O–H groups in total. The van der Waals surface area contributed by atoms with Crippen molar-refractivity contribution in [2.45, 2.75) is 50.9 Å². The van der Waals surface area contributed by atoms with E-state index in [9.17, 15) is 14.4 Å². The second-order valence-corrected chi connectivity index (χ2v) is 7.18. The molecule has 0 fully saturated rings. The predicted molar refractivity (Wildman–Crippen MR) is 106 cm³/mol. The third kappa shape index (κ3) is 5.82. The molecule has 0 saturated carbocycles. The second-order valence-electron chi connectivity index (χ2n) is 6.24. The third-order valence-corrected chi connectivity index (χ3v) is 5.03. The van der Waals surface area contributed by atoms with Crippen molar-refractivity contribution in [3.05, 3.63) is 34.6 Å². The number of hydrogen-bond acceptors (Lipinski definition) is 6. The maximum Gasteiger partial charge on any atom is 0.307 e. The number of para-hydroxylation sites is 1. The van der Waals surface area contributed by atoms with Gasteiger partial charge in [-0.1, -0.05) is 37.2 Å². The smallest absolute Gasteiger partial charge is 0.307 e. The molecule has 0 radical (unpaired) electrons. The molecule has 1 heterocycles. The highest BCUT2D eigenvalue weighted by Gasteiger charge is 2.15.